The molecule has 1 atom stereocenters. The summed E-state index contributed by atoms with van der Waals surface area (Å²) in [5.41, 5.74) is 2.02. The Morgan fingerprint density at radius 1 is 1.37 bits per heavy atom. The molecule has 0 fully saturated rings. The van der Waals surface area contributed by atoms with Gasteiger partial charge in [-0.15, -0.1) is 11.3 Å². The maximum atomic E-state index is 13.7. The van der Waals surface area contributed by atoms with Crippen molar-refractivity contribution in [1.29, 1.82) is 0 Å². The minimum Gasteiger partial charge on any atom is -0.306 e. The van der Waals surface area contributed by atoms with Gasteiger partial charge in [0.1, 0.15) is 5.82 Å². The van der Waals surface area contributed by atoms with Crippen molar-refractivity contribution in [2.24, 2.45) is 0 Å². The van der Waals surface area contributed by atoms with Crippen molar-refractivity contribution in [3.63, 3.8) is 0 Å². The van der Waals surface area contributed by atoms with Gasteiger partial charge < -0.3 is 5.32 Å². The maximum Gasteiger partial charge on any atom is 0.127 e. The quantitative estimate of drug-likeness (QED) is 0.865. The van der Waals surface area contributed by atoms with Gasteiger partial charge in [0.25, 0.3) is 0 Å². The number of hydrogen-bond acceptors (Lipinski definition) is 2. The number of rotatable bonds is 3. The van der Waals surface area contributed by atoms with E-state index in [9.17, 15) is 4.39 Å². The van der Waals surface area contributed by atoms with Crippen LogP contribution in [0.15, 0.2) is 29.6 Å². The van der Waals surface area contributed by atoms with E-state index < -0.39 is 0 Å². The fraction of sp³-hybridized carbons (Fsp3) is 0.333. The Morgan fingerprint density at radius 3 is 3.16 bits per heavy atom. The van der Waals surface area contributed by atoms with Crippen LogP contribution in [0.5, 0.6) is 0 Å². The lowest BCUT2D eigenvalue weighted by Gasteiger charge is -2.24. The molecule has 2 aromatic rings. The van der Waals surface area contributed by atoms with E-state index in [4.69, 9.17) is 11.6 Å². The molecule has 0 bridgehead atoms. The standard InChI is InChI=1S/C15H15ClFNS/c16-11-4-5-13(17)10(8-11)9-18-14-2-1-3-15-12(14)6-7-19-15/h4-8,14,18H,1-3,9H2. The number of hydrogen-bond donors (Lipinski definition) is 1. The van der Waals surface area contributed by atoms with Crippen LogP contribution in [0.2, 0.25) is 5.02 Å². The molecular formula is C15H15ClFNS. The van der Waals surface area contributed by atoms with Crippen molar-refractivity contribution in [3.05, 3.63) is 56.5 Å². The summed E-state index contributed by atoms with van der Waals surface area (Å²) in [5, 5.41) is 6.18. The van der Waals surface area contributed by atoms with E-state index in [2.05, 4.69) is 16.8 Å². The van der Waals surface area contributed by atoms with Gasteiger partial charge in [-0.3, -0.25) is 0 Å². The molecule has 0 aliphatic heterocycles. The molecule has 3 rings (SSSR count). The maximum absolute atomic E-state index is 13.7. The Bertz CT molecular complexity index is 581. The highest BCUT2D eigenvalue weighted by atomic mass is 35.5. The molecule has 0 saturated carbocycles. The second-order valence-electron chi connectivity index (χ2n) is 4.86. The Morgan fingerprint density at radius 2 is 2.26 bits per heavy atom. The summed E-state index contributed by atoms with van der Waals surface area (Å²) in [6.45, 7) is 0.520. The normalized spacial score (nSPS) is 18.3. The van der Waals surface area contributed by atoms with Crippen LogP contribution in [-0.2, 0) is 13.0 Å². The second kappa shape index (κ2) is 5.61. The Balaban J connectivity index is 1.72. The molecule has 1 unspecified atom stereocenters. The molecule has 0 spiro atoms. The molecule has 1 aromatic carbocycles. The monoisotopic (exact) mass is 295 g/mol. The van der Waals surface area contributed by atoms with Crippen molar-refractivity contribution in [1.82, 2.24) is 5.32 Å². The van der Waals surface area contributed by atoms with Gasteiger partial charge in [-0.2, -0.15) is 0 Å². The molecule has 4 heteroatoms. The summed E-state index contributed by atoms with van der Waals surface area (Å²) >= 11 is 7.73. The van der Waals surface area contributed by atoms with Crippen molar-refractivity contribution >= 4 is 22.9 Å². The van der Waals surface area contributed by atoms with E-state index in [1.165, 1.54) is 29.3 Å². The van der Waals surface area contributed by atoms with Crippen molar-refractivity contribution in [2.45, 2.75) is 31.8 Å². The van der Waals surface area contributed by atoms with Gasteiger partial charge >= 0.3 is 0 Å². The van der Waals surface area contributed by atoms with E-state index in [-0.39, 0.29) is 5.82 Å². The van der Waals surface area contributed by atoms with Gasteiger partial charge in [0, 0.05) is 28.0 Å². The molecular weight excluding hydrogens is 281 g/mol. The third-order valence-corrected chi connectivity index (χ3v) is 4.83. The topological polar surface area (TPSA) is 12.0 Å². The zero-order valence-corrected chi connectivity index (χ0v) is 12.0. The van der Waals surface area contributed by atoms with Crippen LogP contribution >= 0.6 is 22.9 Å². The average molecular weight is 296 g/mol. The summed E-state index contributed by atoms with van der Waals surface area (Å²) in [4.78, 5) is 1.47. The molecule has 1 aliphatic rings. The van der Waals surface area contributed by atoms with Crippen molar-refractivity contribution < 1.29 is 4.39 Å². The number of fused-ring (bicyclic) bond motifs is 1. The molecule has 0 amide bonds. The number of benzene rings is 1. The highest BCUT2D eigenvalue weighted by Crippen LogP contribution is 2.33. The van der Waals surface area contributed by atoms with Crippen molar-refractivity contribution in [2.75, 3.05) is 0 Å². The summed E-state index contributed by atoms with van der Waals surface area (Å²) in [5.74, 6) is -0.196. The van der Waals surface area contributed by atoms with Crippen molar-refractivity contribution in [3.8, 4) is 0 Å². The predicted octanol–water partition coefficient (Wildman–Crippen LogP) is 4.71. The number of aryl methyl sites for hydroxylation is 1. The molecule has 1 N–H and O–H groups in total. The molecule has 0 radical (unpaired) electrons. The number of halogens is 2. The van der Waals surface area contributed by atoms with Crippen LogP contribution in [0.1, 0.15) is 34.9 Å². The minimum absolute atomic E-state index is 0.196. The molecule has 1 aliphatic carbocycles. The minimum atomic E-state index is -0.196. The van der Waals surface area contributed by atoms with Gasteiger partial charge in [-0.1, -0.05) is 11.6 Å². The largest absolute Gasteiger partial charge is 0.306 e. The second-order valence-corrected chi connectivity index (χ2v) is 6.30. The fourth-order valence-electron chi connectivity index (χ4n) is 2.61. The van der Waals surface area contributed by atoms with Crippen LogP contribution < -0.4 is 5.32 Å². The van der Waals surface area contributed by atoms with E-state index in [1.54, 1.807) is 12.1 Å². The summed E-state index contributed by atoms with van der Waals surface area (Å²) in [6.07, 6.45) is 3.49. The van der Waals surface area contributed by atoms with Crippen LogP contribution in [-0.4, -0.2) is 0 Å². The lowest BCUT2D eigenvalue weighted by Crippen LogP contribution is -2.24. The Hall–Kier alpha value is -0.900. The van der Waals surface area contributed by atoms with E-state index >= 15 is 0 Å². The zero-order chi connectivity index (χ0) is 13.2. The highest BCUT2D eigenvalue weighted by Gasteiger charge is 2.20. The van der Waals surface area contributed by atoms with Gasteiger partial charge in [0.2, 0.25) is 0 Å². The molecule has 19 heavy (non-hydrogen) atoms. The predicted molar refractivity (Wildman–Crippen MR) is 78.2 cm³/mol. The van der Waals surface area contributed by atoms with Gasteiger partial charge in [-0.05, 0) is 54.5 Å². The molecule has 100 valence electrons. The third kappa shape index (κ3) is 2.83. The number of thiophene rings is 1. The average Bonchev–Trinajstić information content (AvgIpc) is 2.88. The Kier molecular flexibility index (Phi) is 3.87. The zero-order valence-electron chi connectivity index (χ0n) is 10.5. The first-order valence-corrected chi connectivity index (χ1v) is 7.73. The first-order valence-electron chi connectivity index (χ1n) is 6.47. The summed E-state index contributed by atoms with van der Waals surface area (Å²) in [6, 6.07) is 7.23. The van der Waals surface area contributed by atoms with Crippen LogP contribution in [0.4, 0.5) is 4.39 Å². The van der Waals surface area contributed by atoms with Crippen LogP contribution in [0.3, 0.4) is 0 Å². The van der Waals surface area contributed by atoms with Gasteiger partial charge in [0.15, 0.2) is 0 Å². The van der Waals surface area contributed by atoms with E-state index in [0.717, 1.165) is 6.42 Å². The molecule has 0 saturated heterocycles. The lowest BCUT2D eigenvalue weighted by atomic mass is 9.94. The fourth-order valence-corrected chi connectivity index (χ4v) is 3.79. The van der Waals surface area contributed by atoms with E-state index in [1.807, 2.05) is 11.3 Å². The van der Waals surface area contributed by atoms with Crippen LogP contribution in [0, 0.1) is 5.82 Å². The molecule has 1 heterocycles. The number of nitrogens with one attached hydrogen (secondary N) is 1. The molecule has 1 aromatic heterocycles. The first kappa shape index (κ1) is 13.1. The third-order valence-electron chi connectivity index (χ3n) is 3.60. The first-order chi connectivity index (χ1) is 9.24. The highest BCUT2D eigenvalue weighted by molar-refractivity contribution is 7.10. The summed E-state index contributed by atoms with van der Waals surface area (Å²) in [7, 11) is 0. The van der Waals surface area contributed by atoms with Crippen LogP contribution in [0.25, 0.3) is 0 Å². The molecule has 1 nitrogen and oxygen atoms in total. The summed E-state index contributed by atoms with van der Waals surface area (Å²) < 4.78 is 13.7. The lowest BCUT2D eigenvalue weighted by molar-refractivity contribution is 0.456. The van der Waals surface area contributed by atoms with Gasteiger partial charge in [-0.25, -0.2) is 4.39 Å². The van der Waals surface area contributed by atoms with Gasteiger partial charge in [0.05, 0.1) is 0 Å². The Labute approximate surface area is 121 Å². The van der Waals surface area contributed by atoms with E-state index in [0.29, 0.717) is 23.2 Å². The smallest absolute Gasteiger partial charge is 0.127 e. The SMILES string of the molecule is Fc1ccc(Cl)cc1CNC1CCCc2sccc21.